The topological polar surface area (TPSA) is 78.5 Å². The number of phenols is 1. The summed E-state index contributed by atoms with van der Waals surface area (Å²) in [5.41, 5.74) is 1.01. The van der Waals surface area contributed by atoms with Crippen LogP contribution < -0.4 is 11.2 Å². The van der Waals surface area contributed by atoms with Crippen LogP contribution in [0.4, 0.5) is 5.69 Å². The Morgan fingerprint density at radius 3 is 2.00 bits per heavy atom. The number of nitrogens with one attached hydrogen (secondary N) is 1. The Hall–Kier alpha value is -1.26. The lowest BCUT2D eigenvalue weighted by molar-refractivity contribution is 0.311. The van der Waals surface area contributed by atoms with Crippen molar-refractivity contribution in [3.05, 3.63) is 24.3 Å². The van der Waals surface area contributed by atoms with E-state index in [1.54, 1.807) is 12.1 Å². The molecule has 5 N–H and O–H groups in total. The molecule has 0 saturated heterocycles. The van der Waals surface area contributed by atoms with Crippen LogP contribution in [0.25, 0.3) is 0 Å². The lowest BCUT2D eigenvalue weighted by Crippen LogP contribution is -1.84. The number of benzene rings is 1. The average molecular weight is 156 g/mol. The largest absolute Gasteiger partial charge is 0.508 e. The molecule has 0 radical (unpaired) electrons. The molecule has 0 bridgehead atoms. The van der Waals surface area contributed by atoms with Gasteiger partial charge in [-0.25, -0.2) is 5.90 Å². The lowest BCUT2D eigenvalue weighted by atomic mass is 10.3. The first kappa shape index (κ1) is 9.74. The highest BCUT2D eigenvalue weighted by molar-refractivity contribution is 5.45. The summed E-state index contributed by atoms with van der Waals surface area (Å²) in [5.74, 6) is 3.80. The molecule has 0 saturated carbocycles. The van der Waals surface area contributed by atoms with Crippen LogP contribution in [0, 0.1) is 0 Å². The van der Waals surface area contributed by atoms with Crippen LogP contribution in [0.5, 0.6) is 5.75 Å². The molecular formula is C7H12N2O2. The Labute approximate surface area is 65.2 Å². The number of rotatable bonds is 1. The van der Waals surface area contributed by atoms with Crippen LogP contribution in [-0.2, 0) is 0 Å². The average Bonchev–Trinajstić information content (AvgIpc) is 2.10. The van der Waals surface area contributed by atoms with Crippen molar-refractivity contribution < 1.29 is 10.3 Å². The maximum Gasteiger partial charge on any atom is 0.115 e. The van der Waals surface area contributed by atoms with Crippen LogP contribution in [0.15, 0.2) is 24.3 Å². The summed E-state index contributed by atoms with van der Waals surface area (Å²) in [4.78, 5) is 0. The van der Waals surface area contributed by atoms with Gasteiger partial charge in [-0.3, -0.25) is 0 Å². The van der Waals surface area contributed by atoms with Gasteiger partial charge in [0.25, 0.3) is 0 Å². The minimum atomic E-state index is 0.300. The second-order valence-electron chi connectivity index (χ2n) is 1.80. The van der Waals surface area contributed by atoms with Crippen LogP contribution >= 0.6 is 0 Å². The molecule has 0 atom stereocenters. The zero-order valence-electron chi connectivity index (χ0n) is 6.28. The Bertz CT molecular complexity index is 186. The van der Waals surface area contributed by atoms with Crippen molar-refractivity contribution in [2.75, 3.05) is 12.4 Å². The van der Waals surface area contributed by atoms with E-state index in [0.29, 0.717) is 5.75 Å². The maximum atomic E-state index is 8.82. The third-order valence-corrected chi connectivity index (χ3v) is 1.16. The highest BCUT2D eigenvalue weighted by Crippen LogP contribution is 2.12. The van der Waals surface area contributed by atoms with Crippen LogP contribution in [0.2, 0.25) is 0 Å². The summed E-state index contributed by atoms with van der Waals surface area (Å²) in [5, 5.41) is 18.3. The zero-order valence-corrected chi connectivity index (χ0v) is 6.28. The van der Waals surface area contributed by atoms with Crippen LogP contribution in [0.3, 0.4) is 0 Å². The molecule has 1 rings (SSSR count). The van der Waals surface area contributed by atoms with Gasteiger partial charge in [-0.05, 0) is 24.3 Å². The van der Waals surface area contributed by atoms with Crippen molar-refractivity contribution in [3.8, 4) is 5.75 Å². The molecule has 0 aromatic heterocycles. The van der Waals surface area contributed by atoms with E-state index in [9.17, 15) is 0 Å². The van der Waals surface area contributed by atoms with E-state index in [1.165, 1.54) is 0 Å². The van der Waals surface area contributed by atoms with Crippen molar-refractivity contribution >= 4 is 5.69 Å². The first-order chi connectivity index (χ1) is 5.33. The summed E-state index contributed by atoms with van der Waals surface area (Å²) in [6, 6.07) is 6.92. The normalized spacial score (nSPS) is 7.91. The SMILES string of the molecule is CNc1ccc(O)cc1.NO. The summed E-state index contributed by atoms with van der Waals surface area (Å²) < 4.78 is 0. The third-order valence-electron chi connectivity index (χ3n) is 1.16. The van der Waals surface area contributed by atoms with Crippen LogP contribution in [-0.4, -0.2) is 17.4 Å². The van der Waals surface area contributed by atoms with Crippen molar-refractivity contribution in [2.24, 2.45) is 5.90 Å². The van der Waals surface area contributed by atoms with Gasteiger partial charge in [-0.1, -0.05) is 0 Å². The Morgan fingerprint density at radius 2 is 1.64 bits per heavy atom. The first-order valence-electron chi connectivity index (χ1n) is 3.05. The molecule has 0 heterocycles. The van der Waals surface area contributed by atoms with Gasteiger partial charge in [-0.2, -0.15) is 0 Å². The molecule has 1 aromatic carbocycles. The van der Waals surface area contributed by atoms with Crippen molar-refractivity contribution in [1.29, 1.82) is 0 Å². The summed E-state index contributed by atoms with van der Waals surface area (Å²) in [6.45, 7) is 0. The molecule has 0 spiro atoms. The minimum absolute atomic E-state index is 0.300. The Morgan fingerprint density at radius 1 is 1.18 bits per heavy atom. The summed E-state index contributed by atoms with van der Waals surface area (Å²) >= 11 is 0. The van der Waals surface area contributed by atoms with E-state index in [1.807, 2.05) is 19.2 Å². The van der Waals surface area contributed by atoms with Gasteiger partial charge in [0, 0.05) is 12.7 Å². The molecular weight excluding hydrogens is 144 g/mol. The quantitative estimate of drug-likeness (QED) is 0.357. The van der Waals surface area contributed by atoms with Gasteiger partial charge in [0.15, 0.2) is 0 Å². The number of phenolic OH excluding ortho intramolecular Hbond substituents is 1. The molecule has 0 amide bonds. The standard InChI is InChI=1S/C7H9NO.H3NO/c1-8-6-2-4-7(9)5-3-6;1-2/h2-5,8-9H,1H3;2H,1H2. The molecule has 0 aliphatic carbocycles. The van der Waals surface area contributed by atoms with E-state index >= 15 is 0 Å². The molecule has 0 aliphatic heterocycles. The predicted molar refractivity (Wildman–Crippen MR) is 43.6 cm³/mol. The molecule has 0 aliphatic rings. The number of hydrogen-bond acceptors (Lipinski definition) is 4. The first-order valence-corrected chi connectivity index (χ1v) is 3.05. The van der Waals surface area contributed by atoms with E-state index < -0.39 is 0 Å². The van der Waals surface area contributed by atoms with Gasteiger partial charge >= 0.3 is 0 Å². The van der Waals surface area contributed by atoms with Gasteiger partial charge in [0.2, 0.25) is 0 Å². The van der Waals surface area contributed by atoms with Crippen LogP contribution in [0.1, 0.15) is 0 Å². The van der Waals surface area contributed by atoms with Gasteiger partial charge < -0.3 is 15.6 Å². The lowest BCUT2D eigenvalue weighted by Gasteiger charge is -1.96. The molecule has 62 valence electrons. The van der Waals surface area contributed by atoms with Gasteiger partial charge in [-0.15, -0.1) is 0 Å². The molecule has 4 nitrogen and oxygen atoms in total. The fourth-order valence-corrected chi connectivity index (χ4v) is 0.628. The monoisotopic (exact) mass is 156 g/mol. The molecule has 0 unspecified atom stereocenters. The number of anilines is 1. The number of aromatic hydroxyl groups is 1. The number of nitrogens with two attached hydrogens (primary N) is 1. The zero-order chi connectivity index (χ0) is 8.69. The highest BCUT2D eigenvalue weighted by Gasteiger charge is 1.85. The highest BCUT2D eigenvalue weighted by atomic mass is 16.4. The van der Waals surface area contributed by atoms with E-state index in [2.05, 4.69) is 11.2 Å². The van der Waals surface area contributed by atoms with Crippen molar-refractivity contribution in [1.82, 2.24) is 0 Å². The maximum absolute atomic E-state index is 8.82. The Kier molecular flexibility index (Phi) is 4.89. The van der Waals surface area contributed by atoms with Gasteiger partial charge in [0.05, 0.1) is 0 Å². The van der Waals surface area contributed by atoms with Gasteiger partial charge in [0.1, 0.15) is 5.75 Å². The van der Waals surface area contributed by atoms with E-state index in [4.69, 9.17) is 10.3 Å². The number of hydrogen-bond donors (Lipinski definition) is 4. The molecule has 1 aromatic rings. The molecule has 4 heteroatoms. The van der Waals surface area contributed by atoms with Crippen molar-refractivity contribution in [3.63, 3.8) is 0 Å². The predicted octanol–water partition coefficient (Wildman–Crippen LogP) is 0.768. The fraction of sp³-hybridized carbons (Fsp3) is 0.143. The summed E-state index contributed by atoms with van der Waals surface area (Å²) in [6.07, 6.45) is 0. The second-order valence-corrected chi connectivity index (χ2v) is 1.80. The van der Waals surface area contributed by atoms with Crippen molar-refractivity contribution in [2.45, 2.75) is 0 Å². The minimum Gasteiger partial charge on any atom is -0.508 e. The van der Waals surface area contributed by atoms with E-state index in [0.717, 1.165) is 5.69 Å². The fourth-order valence-electron chi connectivity index (χ4n) is 0.628. The smallest absolute Gasteiger partial charge is 0.115 e. The summed E-state index contributed by atoms with van der Waals surface area (Å²) in [7, 11) is 1.84. The Balaban J connectivity index is 0.000000461. The van der Waals surface area contributed by atoms with E-state index in [-0.39, 0.29) is 0 Å². The third kappa shape index (κ3) is 3.44. The second kappa shape index (κ2) is 5.52. The molecule has 0 fully saturated rings. The molecule has 11 heavy (non-hydrogen) atoms.